The van der Waals surface area contributed by atoms with Crippen molar-refractivity contribution in [3.8, 4) is 6.07 Å². The quantitative estimate of drug-likeness (QED) is 0.660. The van der Waals surface area contributed by atoms with Gasteiger partial charge in [-0.1, -0.05) is 18.7 Å². The third kappa shape index (κ3) is 5.57. The lowest BCUT2D eigenvalue weighted by molar-refractivity contribution is -0.113. The third-order valence-electron chi connectivity index (χ3n) is 5.80. The molecule has 3 heterocycles. The number of hydrogen-bond acceptors (Lipinski definition) is 7. The molecule has 1 aromatic carbocycles. The number of carbonyl (C=O) groups excluding carboxylic acids is 1. The van der Waals surface area contributed by atoms with E-state index in [1.54, 1.807) is 24.3 Å². The van der Waals surface area contributed by atoms with Crippen molar-refractivity contribution < 1.29 is 9.53 Å². The summed E-state index contributed by atoms with van der Waals surface area (Å²) in [5.41, 5.74) is 1.24. The van der Waals surface area contributed by atoms with Gasteiger partial charge in [-0.25, -0.2) is 0 Å². The molecular weight excluding hydrogens is 412 g/mol. The molecule has 2 saturated heterocycles. The third-order valence-corrected chi connectivity index (χ3v) is 6.77. The van der Waals surface area contributed by atoms with Gasteiger partial charge >= 0.3 is 0 Å². The zero-order valence-corrected chi connectivity index (χ0v) is 18.6. The number of rotatable bonds is 7. The Hall–Kier alpha value is -2.57. The summed E-state index contributed by atoms with van der Waals surface area (Å²) in [5, 5.41) is 21.4. The van der Waals surface area contributed by atoms with Crippen LogP contribution in [0.2, 0.25) is 0 Å². The molecule has 1 N–H and O–H groups in total. The second kappa shape index (κ2) is 10.2. The van der Waals surface area contributed by atoms with Gasteiger partial charge in [-0.15, -0.1) is 10.2 Å². The van der Waals surface area contributed by atoms with E-state index in [0.29, 0.717) is 17.8 Å². The van der Waals surface area contributed by atoms with Crippen LogP contribution in [0, 0.1) is 17.2 Å². The Morgan fingerprint density at radius 2 is 2.03 bits per heavy atom. The highest BCUT2D eigenvalue weighted by Crippen LogP contribution is 2.28. The summed E-state index contributed by atoms with van der Waals surface area (Å²) in [6, 6.07) is 8.91. The number of hydrogen-bond donors (Lipinski definition) is 1. The number of nitriles is 1. The molecule has 0 spiro atoms. The molecule has 0 bridgehead atoms. The Morgan fingerprint density at radius 1 is 1.26 bits per heavy atom. The first-order valence-electron chi connectivity index (χ1n) is 10.8. The van der Waals surface area contributed by atoms with Gasteiger partial charge in [0.1, 0.15) is 0 Å². The Balaban J connectivity index is 1.42. The highest BCUT2D eigenvalue weighted by molar-refractivity contribution is 7.99. The van der Waals surface area contributed by atoms with Gasteiger partial charge < -0.3 is 15.0 Å². The van der Waals surface area contributed by atoms with E-state index in [4.69, 9.17) is 10.00 Å². The van der Waals surface area contributed by atoms with Crippen LogP contribution >= 0.6 is 11.8 Å². The van der Waals surface area contributed by atoms with Gasteiger partial charge in [0.25, 0.3) is 0 Å². The topological polar surface area (TPSA) is 96.1 Å². The van der Waals surface area contributed by atoms with E-state index >= 15 is 0 Å². The number of piperidine rings is 1. The number of nitrogens with one attached hydrogen (secondary N) is 1. The second-order valence-electron chi connectivity index (χ2n) is 8.22. The van der Waals surface area contributed by atoms with E-state index in [2.05, 4.69) is 38.0 Å². The zero-order valence-electron chi connectivity index (χ0n) is 17.8. The molecule has 1 unspecified atom stereocenters. The van der Waals surface area contributed by atoms with Crippen molar-refractivity contribution >= 4 is 29.3 Å². The number of benzene rings is 1. The van der Waals surface area contributed by atoms with Crippen LogP contribution in [0.3, 0.4) is 0 Å². The standard InChI is InChI=1S/C22H28N6O2S/c1-16-8-10-27(11-9-16)21-25-26-22(28(21)14-19-3-2-12-30-19)31-15-20(29)24-18-6-4-17(13-23)5-7-18/h4-7,16,19H,2-3,8-12,14-15H2,1H3,(H,24,29). The first-order valence-corrected chi connectivity index (χ1v) is 11.8. The maximum absolute atomic E-state index is 12.5. The molecule has 0 aliphatic carbocycles. The van der Waals surface area contributed by atoms with E-state index in [1.807, 2.05) is 0 Å². The number of amides is 1. The van der Waals surface area contributed by atoms with E-state index in [0.717, 1.165) is 62.4 Å². The number of ether oxygens (including phenoxy) is 1. The average molecular weight is 441 g/mol. The van der Waals surface area contributed by atoms with Gasteiger partial charge in [0, 0.05) is 25.4 Å². The minimum absolute atomic E-state index is 0.116. The zero-order chi connectivity index (χ0) is 21.6. The summed E-state index contributed by atoms with van der Waals surface area (Å²) in [4.78, 5) is 14.8. The summed E-state index contributed by atoms with van der Waals surface area (Å²) in [6.07, 6.45) is 4.60. The maximum atomic E-state index is 12.5. The van der Waals surface area contributed by atoms with Gasteiger partial charge in [-0.05, 0) is 55.9 Å². The van der Waals surface area contributed by atoms with Crippen LogP contribution in [0.5, 0.6) is 0 Å². The number of thioether (sulfide) groups is 1. The molecule has 4 rings (SSSR count). The minimum atomic E-state index is -0.116. The van der Waals surface area contributed by atoms with Crippen molar-refractivity contribution in [2.75, 3.05) is 35.7 Å². The number of carbonyl (C=O) groups is 1. The SMILES string of the molecule is CC1CCN(c2nnc(SCC(=O)Nc3ccc(C#N)cc3)n2CC2CCCO2)CC1. The summed E-state index contributed by atoms with van der Waals surface area (Å²) >= 11 is 1.39. The number of aromatic nitrogens is 3. The molecular formula is C22H28N6O2S. The normalized spacial score (nSPS) is 19.4. The van der Waals surface area contributed by atoms with Crippen molar-refractivity contribution in [3.63, 3.8) is 0 Å². The Bertz CT molecular complexity index is 924. The van der Waals surface area contributed by atoms with Crippen LogP contribution < -0.4 is 10.2 Å². The van der Waals surface area contributed by atoms with Crippen LogP contribution in [0.25, 0.3) is 0 Å². The van der Waals surface area contributed by atoms with E-state index in [1.165, 1.54) is 11.8 Å². The molecule has 0 radical (unpaired) electrons. The van der Waals surface area contributed by atoms with Crippen molar-refractivity contribution in [1.29, 1.82) is 5.26 Å². The molecule has 1 aromatic heterocycles. The first-order chi connectivity index (χ1) is 15.1. The highest BCUT2D eigenvalue weighted by Gasteiger charge is 2.26. The molecule has 9 heteroatoms. The fraction of sp³-hybridized carbons (Fsp3) is 0.545. The largest absolute Gasteiger partial charge is 0.376 e. The number of nitrogens with zero attached hydrogens (tertiary/aromatic N) is 5. The smallest absolute Gasteiger partial charge is 0.234 e. The maximum Gasteiger partial charge on any atom is 0.234 e. The monoisotopic (exact) mass is 440 g/mol. The minimum Gasteiger partial charge on any atom is -0.376 e. The summed E-state index contributed by atoms with van der Waals surface area (Å²) in [7, 11) is 0. The van der Waals surface area contributed by atoms with E-state index in [-0.39, 0.29) is 17.8 Å². The average Bonchev–Trinajstić information content (AvgIpc) is 3.44. The molecule has 0 saturated carbocycles. The van der Waals surface area contributed by atoms with Crippen molar-refractivity contribution in [2.45, 2.75) is 50.4 Å². The summed E-state index contributed by atoms with van der Waals surface area (Å²) in [6.45, 7) is 5.78. The van der Waals surface area contributed by atoms with Crippen LogP contribution in [0.15, 0.2) is 29.4 Å². The lowest BCUT2D eigenvalue weighted by atomic mass is 10.00. The van der Waals surface area contributed by atoms with Crippen LogP contribution in [0.1, 0.15) is 38.2 Å². The Kier molecular flexibility index (Phi) is 7.10. The number of anilines is 2. The molecule has 1 amide bonds. The molecule has 2 fully saturated rings. The van der Waals surface area contributed by atoms with Crippen molar-refractivity contribution in [2.24, 2.45) is 5.92 Å². The summed E-state index contributed by atoms with van der Waals surface area (Å²) < 4.78 is 7.99. The van der Waals surface area contributed by atoms with E-state index in [9.17, 15) is 4.79 Å². The van der Waals surface area contributed by atoms with Gasteiger partial charge in [-0.2, -0.15) is 5.26 Å². The molecule has 2 aromatic rings. The van der Waals surface area contributed by atoms with Crippen LogP contribution in [-0.4, -0.2) is 52.2 Å². The lowest BCUT2D eigenvalue weighted by Crippen LogP contribution is -2.35. The molecule has 164 valence electrons. The van der Waals surface area contributed by atoms with E-state index < -0.39 is 0 Å². The van der Waals surface area contributed by atoms with Gasteiger partial charge in [0.15, 0.2) is 5.16 Å². The Morgan fingerprint density at radius 3 is 2.71 bits per heavy atom. The lowest BCUT2D eigenvalue weighted by Gasteiger charge is -2.31. The second-order valence-corrected chi connectivity index (χ2v) is 9.17. The van der Waals surface area contributed by atoms with Gasteiger partial charge in [0.05, 0.1) is 30.0 Å². The van der Waals surface area contributed by atoms with Crippen molar-refractivity contribution in [3.05, 3.63) is 29.8 Å². The molecule has 31 heavy (non-hydrogen) atoms. The molecule has 1 atom stereocenters. The molecule has 8 nitrogen and oxygen atoms in total. The van der Waals surface area contributed by atoms with Crippen LogP contribution in [-0.2, 0) is 16.1 Å². The predicted octanol–water partition coefficient (Wildman–Crippen LogP) is 3.30. The van der Waals surface area contributed by atoms with Crippen molar-refractivity contribution in [1.82, 2.24) is 14.8 Å². The molecule has 2 aliphatic heterocycles. The van der Waals surface area contributed by atoms with Gasteiger partial charge in [-0.3, -0.25) is 9.36 Å². The fourth-order valence-corrected chi connectivity index (χ4v) is 4.68. The predicted molar refractivity (Wildman–Crippen MR) is 120 cm³/mol. The highest BCUT2D eigenvalue weighted by atomic mass is 32.2. The Labute approximate surface area is 187 Å². The first kappa shape index (κ1) is 21.7. The van der Waals surface area contributed by atoms with Crippen LogP contribution in [0.4, 0.5) is 11.6 Å². The molecule has 2 aliphatic rings. The fourth-order valence-electron chi connectivity index (χ4n) is 3.94. The summed E-state index contributed by atoms with van der Waals surface area (Å²) in [5.74, 6) is 1.75. The van der Waals surface area contributed by atoms with Gasteiger partial charge in [0.2, 0.25) is 11.9 Å².